The number of aromatic nitrogens is 3. The van der Waals surface area contributed by atoms with Crippen LogP contribution in [0.2, 0.25) is 0 Å². The lowest BCUT2D eigenvalue weighted by Crippen LogP contribution is -2.48. The Morgan fingerprint density at radius 2 is 2.08 bits per heavy atom. The summed E-state index contributed by atoms with van der Waals surface area (Å²) in [4.78, 5) is 20.9. The van der Waals surface area contributed by atoms with Crippen LogP contribution >= 0.6 is 0 Å². The van der Waals surface area contributed by atoms with Gasteiger partial charge in [-0.3, -0.25) is 4.90 Å². The highest BCUT2D eigenvalue weighted by atomic mass is 16.2. The Hall–Kier alpha value is -2.41. The van der Waals surface area contributed by atoms with Crippen molar-refractivity contribution in [3.8, 4) is 0 Å². The number of fused-ring (bicyclic) bond motifs is 1. The van der Waals surface area contributed by atoms with E-state index in [1.807, 2.05) is 29.8 Å². The number of likely N-dealkylation sites (N-methyl/N-ethyl adjacent to an activating group) is 1. The molecule has 7 nitrogen and oxygen atoms in total. The average Bonchev–Trinajstić information content (AvgIpc) is 2.99. The van der Waals surface area contributed by atoms with E-state index in [1.165, 1.54) is 5.56 Å². The molecule has 1 N–H and O–H groups in total. The summed E-state index contributed by atoms with van der Waals surface area (Å²) < 4.78 is 1.88. The lowest BCUT2D eigenvalue weighted by Gasteiger charge is -2.29. The number of nitrogens with zero attached hydrogens (tertiary/aromatic N) is 5. The fourth-order valence-electron chi connectivity index (χ4n) is 2.96. The molecule has 2 aromatic rings. The molecule has 1 aromatic carbocycles. The third kappa shape index (κ3) is 4.36. The fourth-order valence-corrected chi connectivity index (χ4v) is 2.96. The molecule has 0 fully saturated rings. The van der Waals surface area contributed by atoms with Gasteiger partial charge in [0.15, 0.2) is 0 Å². The monoisotopic (exact) mass is 342 g/mol. The topological polar surface area (TPSA) is 66.3 Å². The molecule has 7 heteroatoms. The maximum absolute atomic E-state index is 12.4. The SMILES string of the molecule is Cc1nc2n(n1)CCN(C(=O)NC[C@H](C)N(C)Cc1ccccc1)C2. The first kappa shape index (κ1) is 17.4. The summed E-state index contributed by atoms with van der Waals surface area (Å²) in [7, 11) is 2.08. The summed E-state index contributed by atoms with van der Waals surface area (Å²) >= 11 is 0. The van der Waals surface area contributed by atoms with E-state index in [1.54, 1.807) is 4.90 Å². The number of amides is 2. The standard InChI is InChI=1S/C18H26N6O/c1-14(22(3)12-16-7-5-4-6-8-16)11-19-18(25)23-9-10-24-17(13-23)20-15(2)21-24/h4-8,14H,9-13H2,1-3H3,(H,19,25)/t14-/m0/s1. The van der Waals surface area contributed by atoms with Crippen molar-refractivity contribution in [3.05, 3.63) is 47.5 Å². The number of hydrogen-bond donors (Lipinski definition) is 1. The predicted molar refractivity (Wildman–Crippen MR) is 95.9 cm³/mol. The minimum atomic E-state index is -0.0353. The van der Waals surface area contributed by atoms with Crippen molar-refractivity contribution in [2.24, 2.45) is 0 Å². The molecule has 1 aliphatic heterocycles. The first-order valence-corrected chi connectivity index (χ1v) is 8.70. The van der Waals surface area contributed by atoms with Crippen LogP contribution in [0.3, 0.4) is 0 Å². The zero-order chi connectivity index (χ0) is 17.8. The van der Waals surface area contributed by atoms with Crippen LogP contribution in [0.4, 0.5) is 4.79 Å². The van der Waals surface area contributed by atoms with E-state index in [9.17, 15) is 4.79 Å². The number of carbonyl (C=O) groups is 1. The zero-order valence-electron chi connectivity index (χ0n) is 15.1. The number of urea groups is 1. The molecule has 0 spiro atoms. The molecular formula is C18H26N6O. The predicted octanol–water partition coefficient (Wildman–Crippen LogP) is 1.63. The molecule has 1 aliphatic rings. The van der Waals surface area contributed by atoms with Crippen LogP contribution in [-0.4, -0.2) is 56.8 Å². The Bertz CT molecular complexity index is 714. The van der Waals surface area contributed by atoms with Crippen molar-refractivity contribution in [2.75, 3.05) is 20.1 Å². The lowest BCUT2D eigenvalue weighted by atomic mass is 10.2. The van der Waals surface area contributed by atoms with Gasteiger partial charge in [-0.05, 0) is 26.5 Å². The Labute approximate surface area is 148 Å². The summed E-state index contributed by atoms with van der Waals surface area (Å²) in [5, 5.41) is 7.37. The van der Waals surface area contributed by atoms with E-state index >= 15 is 0 Å². The van der Waals surface area contributed by atoms with Gasteiger partial charge in [-0.2, -0.15) is 5.10 Å². The summed E-state index contributed by atoms with van der Waals surface area (Å²) in [5.41, 5.74) is 1.27. The molecule has 25 heavy (non-hydrogen) atoms. The molecule has 0 radical (unpaired) electrons. The maximum Gasteiger partial charge on any atom is 0.317 e. The van der Waals surface area contributed by atoms with Crippen molar-refractivity contribution in [1.29, 1.82) is 0 Å². The second-order valence-electron chi connectivity index (χ2n) is 6.66. The highest BCUT2D eigenvalue weighted by molar-refractivity contribution is 5.74. The normalized spacial score (nSPS) is 15.1. The first-order valence-electron chi connectivity index (χ1n) is 8.70. The van der Waals surface area contributed by atoms with Crippen molar-refractivity contribution >= 4 is 6.03 Å². The summed E-state index contributed by atoms with van der Waals surface area (Å²) in [6.07, 6.45) is 0. The van der Waals surface area contributed by atoms with Gasteiger partial charge in [-0.25, -0.2) is 14.5 Å². The summed E-state index contributed by atoms with van der Waals surface area (Å²) in [6.45, 7) is 7.36. The van der Waals surface area contributed by atoms with Gasteiger partial charge in [0.25, 0.3) is 0 Å². The molecule has 2 amide bonds. The zero-order valence-corrected chi connectivity index (χ0v) is 15.1. The van der Waals surface area contributed by atoms with E-state index < -0.39 is 0 Å². The molecular weight excluding hydrogens is 316 g/mol. The highest BCUT2D eigenvalue weighted by Gasteiger charge is 2.23. The van der Waals surface area contributed by atoms with Gasteiger partial charge in [0.05, 0.1) is 13.1 Å². The van der Waals surface area contributed by atoms with Crippen molar-refractivity contribution in [3.63, 3.8) is 0 Å². The number of rotatable bonds is 5. The van der Waals surface area contributed by atoms with Crippen LogP contribution in [0.15, 0.2) is 30.3 Å². The van der Waals surface area contributed by atoms with Crippen LogP contribution in [0, 0.1) is 6.92 Å². The first-order chi connectivity index (χ1) is 12.0. The molecule has 134 valence electrons. The Kier molecular flexibility index (Phi) is 5.33. The Balaban J connectivity index is 1.47. The second-order valence-corrected chi connectivity index (χ2v) is 6.66. The third-order valence-electron chi connectivity index (χ3n) is 4.63. The van der Waals surface area contributed by atoms with Gasteiger partial charge in [0.1, 0.15) is 11.6 Å². The molecule has 3 rings (SSSR count). The number of hydrogen-bond acceptors (Lipinski definition) is 4. The molecule has 1 atom stereocenters. The number of nitrogens with one attached hydrogen (secondary N) is 1. The van der Waals surface area contributed by atoms with E-state index in [2.05, 4.69) is 46.4 Å². The molecule has 1 aromatic heterocycles. The van der Waals surface area contributed by atoms with Crippen LogP contribution < -0.4 is 5.32 Å². The van der Waals surface area contributed by atoms with Crippen molar-refractivity contribution < 1.29 is 4.79 Å². The maximum atomic E-state index is 12.4. The smallest absolute Gasteiger partial charge is 0.317 e. The second kappa shape index (κ2) is 7.65. The quantitative estimate of drug-likeness (QED) is 0.897. The Morgan fingerprint density at radius 3 is 2.84 bits per heavy atom. The molecule has 0 bridgehead atoms. The van der Waals surface area contributed by atoms with Gasteiger partial charge in [0, 0.05) is 25.7 Å². The largest absolute Gasteiger partial charge is 0.336 e. The van der Waals surface area contributed by atoms with E-state index in [4.69, 9.17) is 0 Å². The van der Waals surface area contributed by atoms with Gasteiger partial charge < -0.3 is 10.2 Å². The molecule has 0 saturated carbocycles. The van der Waals surface area contributed by atoms with E-state index in [0.29, 0.717) is 26.2 Å². The minimum Gasteiger partial charge on any atom is -0.336 e. The van der Waals surface area contributed by atoms with E-state index in [0.717, 1.165) is 18.2 Å². The van der Waals surface area contributed by atoms with E-state index in [-0.39, 0.29) is 12.1 Å². The number of benzene rings is 1. The Morgan fingerprint density at radius 1 is 1.32 bits per heavy atom. The van der Waals surface area contributed by atoms with Gasteiger partial charge >= 0.3 is 6.03 Å². The lowest BCUT2D eigenvalue weighted by molar-refractivity contribution is 0.173. The summed E-state index contributed by atoms with van der Waals surface area (Å²) in [6, 6.07) is 10.6. The van der Waals surface area contributed by atoms with Crippen LogP contribution in [-0.2, 0) is 19.6 Å². The number of carbonyl (C=O) groups excluding carboxylic acids is 1. The van der Waals surface area contributed by atoms with Gasteiger partial charge in [-0.1, -0.05) is 30.3 Å². The molecule has 0 unspecified atom stereocenters. The summed E-state index contributed by atoms with van der Waals surface area (Å²) in [5.74, 6) is 1.61. The van der Waals surface area contributed by atoms with Gasteiger partial charge in [0.2, 0.25) is 0 Å². The molecule has 0 aliphatic carbocycles. The van der Waals surface area contributed by atoms with Gasteiger partial charge in [-0.15, -0.1) is 0 Å². The van der Waals surface area contributed by atoms with Crippen molar-refractivity contribution in [1.82, 2.24) is 29.9 Å². The molecule has 0 saturated heterocycles. The number of aryl methyl sites for hydroxylation is 1. The van der Waals surface area contributed by atoms with Crippen LogP contribution in [0.25, 0.3) is 0 Å². The third-order valence-corrected chi connectivity index (χ3v) is 4.63. The highest BCUT2D eigenvalue weighted by Crippen LogP contribution is 2.10. The minimum absolute atomic E-state index is 0.0353. The van der Waals surface area contributed by atoms with Crippen molar-refractivity contribution in [2.45, 2.75) is 39.5 Å². The average molecular weight is 342 g/mol. The van der Waals surface area contributed by atoms with Crippen LogP contribution in [0.5, 0.6) is 0 Å². The fraction of sp³-hybridized carbons (Fsp3) is 0.500. The van der Waals surface area contributed by atoms with Crippen LogP contribution in [0.1, 0.15) is 24.1 Å². The molecule has 2 heterocycles.